The Balaban J connectivity index is 2.02. The molecule has 0 amide bonds. The number of rotatable bonds is 6. The van der Waals surface area contributed by atoms with Crippen LogP contribution in [0.3, 0.4) is 0 Å². The number of nitrogens with zero attached hydrogens (tertiary/aromatic N) is 1. The summed E-state index contributed by atoms with van der Waals surface area (Å²) in [5.41, 5.74) is -2.41. The average molecular weight is 382 g/mol. The number of hydrogen-bond acceptors (Lipinski definition) is 3. The summed E-state index contributed by atoms with van der Waals surface area (Å²) in [7, 11) is 0. The number of alkyl halides is 3. The lowest BCUT2D eigenvalue weighted by molar-refractivity contribution is -0.136. The van der Waals surface area contributed by atoms with Crippen LogP contribution in [0.4, 0.5) is 28.9 Å². The Kier molecular flexibility index (Phi) is 5.96. The van der Waals surface area contributed by atoms with Gasteiger partial charge in [-0.2, -0.15) is 13.2 Å². The smallest absolute Gasteiger partial charge is 0.407 e. The van der Waals surface area contributed by atoms with Gasteiger partial charge in [0.2, 0.25) is 0 Å². The molecule has 0 aromatic heterocycles. The van der Waals surface area contributed by atoms with Gasteiger partial charge in [0.1, 0.15) is 23.8 Å². The second kappa shape index (κ2) is 7.84. The van der Waals surface area contributed by atoms with E-state index in [0.29, 0.717) is 5.56 Å². The number of benzene rings is 2. The normalized spacial score (nSPS) is 13.6. The van der Waals surface area contributed by atoms with Gasteiger partial charge in [0.15, 0.2) is 5.69 Å². The third-order valence-electron chi connectivity index (χ3n) is 3.79. The number of halogens is 4. The van der Waals surface area contributed by atoms with Crippen molar-refractivity contribution in [2.24, 2.45) is 0 Å². The van der Waals surface area contributed by atoms with Crippen molar-refractivity contribution in [3.8, 4) is 5.75 Å². The molecule has 2 aromatic rings. The summed E-state index contributed by atoms with van der Waals surface area (Å²) in [5.74, 6) is -0.205. The lowest BCUT2D eigenvalue weighted by Gasteiger charge is -2.25. The maximum absolute atomic E-state index is 13.5. The number of nitrogens with one attached hydrogen (secondary N) is 1. The monoisotopic (exact) mass is 382 g/mol. The summed E-state index contributed by atoms with van der Waals surface area (Å²) in [6.45, 7) is 9.55. The fourth-order valence-corrected chi connectivity index (χ4v) is 2.22. The van der Waals surface area contributed by atoms with Crippen molar-refractivity contribution < 1.29 is 27.4 Å². The summed E-state index contributed by atoms with van der Waals surface area (Å²) in [6.07, 6.45) is -4.65. The van der Waals surface area contributed by atoms with Gasteiger partial charge in [0.25, 0.3) is 0 Å². The Bertz CT molecular complexity index is 858. The van der Waals surface area contributed by atoms with Crippen LogP contribution in [0, 0.1) is 19.3 Å². The van der Waals surface area contributed by atoms with Gasteiger partial charge < -0.3 is 15.2 Å². The topological polar surface area (TPSA) is 45.9 Å². The molecule has 2 rings (SSSR count). The van der Waals surface area contributed by atoms with Crippen LogP contribution in [-0.4, -0.2) is 23.9 Å². The van der Waals surface area contributed by atoms with Crippen molar-refractivity contribution in [2.75, 3.05) is 18.5 Å². The highest BCUT2D eigenvalue weighted by Crippen LogP contribution is 2.38. The minimum atomic E-state index is -4.65. The first-order valence-corrected chi connectivity index (χ1v) is 7.96. The quantitative estimate of drug-likeness (QED) is 0.549. The molecule has 0 aliphatic heterocycles. The Morgan fingerprint density at radius 3 is 2.48 bits per heavy atom. The van der Waals surface area contributed by atoms with Gasteiger partial charge in [0, 0.05) is 18.3 Å². The molecule has 0 aliphatic carbocycles. The maximum atomic E-state index is 13.5. The molecule has 0 saturated carbocycles. The van der Waals surface area contributed by atoms with E-state index in [0.717, 1.165) is 12.1 Å². The summed E-state index contributed by atoms with van der Waals surface area (Å²) in [6, 6.07) is 7.50. The van der Waals surface area contributed by atoms with Gasteiger partial charge in [-0.05, 0) is 37.6 Å². The van der Waals surface area contributed by atoms with Gasteiger partial charge in [-0.25, -0.2) is 9.24 Å². The number of anilines is 1. The lowest BCUT2D eigenvalue weighted by atomic mass is 10.1. The van der Waals surface area contributed by atoms with E-state index in [9.17, 15) is 22.7 Å². The molecule has 0 spiro atoms. The Labute approximate surface area is 154 Å². The predicted octanol–water partition coefficient (Wildman–Crippen LogP) is 4.95. The first-order valence-electron chi connectivity index (χ1n) is 7.96. The van der Waals surface area contributed by atoms with Crippen molar-refractivity contribution in [2.45, 2.75) is 25.6 Å². The molecule has 0 heterocycles. The molecular formula is C19H18F4N2O2. The molecule has 27 heavy (non-hydrogen) atoms. The summed E-state index contributed by atoms with van der Waals surface area (Å²) in [5, 5.41) is 13.0. The molecule has 0 bridgehead atoms. The van der Waals surface area contributed by atoms with Crippen molar-refractivity contribution in [1.29, 1.82) is 0 Å². The zero-order valence-corrected chi connectivity index (χ0v) is 14.7. The molecule has 8 heteroatoms. The van der Waals surface area contributed by atoms with Crippen molar-refractivity contribution in [3.05, 3.63) is 64.8 Å². The van der Waals surface area contributed by atoms with Crippen LogP contribution in [0.5, 0.6) is 5.75 Å². The van der Waals surface area contributed by atoms with Gasteiger partial charge in [0.05, 0.1) is 12.1 Å². The third kappa shape index (κ3) is 5.59. The first kappa shape index (κ1) is 20.5. The van der Waals surface area contributed by atoms with Gasteiger partial charge in [-0.15, -0.1) is 0 Å². The number of aryl methyl sites for hydroxylation is 1. The largest absolute Gasteiger partial charge is 0.490 e. The number of aliphatic hydroxyl groups is 1. The highest BCUT2D eigenvalue weighted by Gasteiger charge is 2.33. The highest BCUT2D eigenvalue weighted by molar-refractivity contribution is 5.61. The van der Waals surface area contributed by atoms with E-state index in [1.165, 1.54) is 25.1 Å². The predicted molar refractivity (Wildman–Crippen MR) is 93.5 cm³/mol. The first-order chi connectivity index (χ1) is 12.5. The number of ether oxygens (including phenoxy) is 1. The minimum Gasteiger partial charge on any atom is -0.490 e. The molecule has 0 radical (unpaired) electrons. The van der Waals surface area contributed by atoms with E-state index in [2.05, 4.69) is 10.2 Å². The second-order valence-electron chi connectivity index (χ2n) is 6.39. The fraction of sp³-hybridized carbons (Fsp3) is 0.316. The fourth-order valence-electron chi connectivity index (χ4n) is 2.22. The molecule has 0 unspecified atom stereocenters. The number of hydrogen-bond donors (Lipinski definition) is 2. The Hall–Kier alpha value is -2.79. The molecule has 144 valence electrons. The van der Waals surface area contributed by atoms with Gasteiger partial charge >= 0.3 is 6.18 Å². The Morgan fingerprint density at radius 1 is 1.19 bits per heavy atom. The zero-order valence-electron chi connectivity index (χ0n) is 14.7. The van der Waals surface area contributed by atoms with Crippen LogP contribution in [0.2, 0.25) is 0 Å². The summed E-state index contributed by atoms with van der Waals surface area (Å²) in [4.78, 5) is 2.87. The molecule has 2 aromatic carbocycles. The SMILES string of the molecule is [C-]#[N+]c1ccc(NC[C@@](C)(O)COc2ccc(C)c(F)c2)cc1C(F)(F)F. The summed E-state index contributed by atoms with van der Waals surface area (Å²) < 4.78 is 57.8. The van der Waals surface area contributed by atoms with Crippen LogP contribution < -0.4 is 10.1 Å². The van der Waals surface area contributed by atoms with Crippen LogP contribution in [0.1, 0.15) is 18.1 Å². The Morgan fingerprint density at radius 2 is 1.89 bits per heavy atom. The maximum Gasteiger partial charge on any atom is 0.407 e. The average Bonchev–Trinajstić information content (AvgIpc) is 2.60. The molecule has 0 aliphatic rings. The molecule has 0 saturated heterocycles. The van der Waals surface area contributed by atoms with Crippen LogP contribution >= 0.6 is 0 Å². The summed E-state index contributed by atoms with van der Waals surface area (Å²) >= 11 is 0. The van der Waals surface area contributed by atoms with E-state index in [4.69, 9.17) is 11.3 Å². The van der Waals surface area contributed by atoms with E-state index in [-0.39, 0.29) is 24.6 Å². The van der Waals surface area contributed by atoms with Gasteiger partial charge in [-0.3, -0.25) is 0 Å². The van der Waals surface area contributed by atoms with E-state index >= 15 is 0 Å². The minimum absolute atomic E-state index is 0.108. The van der Waals surface area contributed by atoms with Crippen LogP contribution in [0.25, 0.3) is 4.85 Å². The zero-order chi connectivity index (χ0) is 20.2. The van der Waals surface area contributed by atoms with Crippen molar-refractivity contribution >= 4 is 11.4 Å². The molecule has 4 nitrogen and oxygen atoms in total. The van der Waals surface area contributed by atoms with Crippen molar-refractivity contribution in [1.82, 2.24) is 0 Å². The molecule has 1 atom stereocenters. The van der Waals surface area contributed by atoms with Crippen LogP contribution in [0.15, 0.2) is 36.4 Å². The van der Waals surface area contributed by atoms with E-state index in [1.807, 2.05) is 0 Å². The molecular weight excluding hydrogens is 364 g/mol. The van der Waals surface area contributed by atoms with Gasteiger partial charge in [-0.1, -0.05) is 12.1 Å². The lowest BCUT2D eigenvalue weighted by Crippen LogP contribution is -2.39. The second-order valence-corrected chi connectivity index (χ2v) is 6.39. The highest BCUT2D eigenvalue weighted by atomic mass is 19.4. The van der Waals surface area contributed by atoms with Crippen LogP contribution in [-0.2, 0) is 6.18 Å². The standard InChI is InChI=1S/C19H18F4N2O2/c1-12-4-6-14(9-16(12)20)27-11-18(2,26)10-25-13-5-7-17(24-3)15(8-13)19(21,22)23/h4-9,25-26H,10-11H2,1-2H3/t18-/m1/s1. The van der Waals surface area contributed by atoms with E-state index < -0.39 is 28.8 Å². The van der Waals surface area contributed by atoms with E-state index in [1.54, 1.807) is 13.0 Å². The molecule has 0 fully saturated rings. The third-order valence-corrected chi connectivity index (χ3v) is 3.79. The van der Waals surface area contributed by atoms with Crippen molar-refractivity contribution in [3.63, 3.8) is 0 Å². The molecule has 2 N–H and O–H groups in total.